The van der Waals surface area contributed by atoms with Crippen LogP contribution in [0.15, 0.2) is 30.5 Å². The van der Waals surface area contributed by atoms with Crippen molar-refractivity contribution in [3.63, 3.8) is 0 Å². The van der Waals surface area contributed by atoms with Crippen LogP contribution in [-0.2, 0) is 6.54 Å². The van der Waals surface area contributed by atoms with Crippen LogP contribution < -0.4 is 5.73 Å². The number of fused-ring (bicyclic) bond motifs is 1. The Morgan fingerprint density at radius 1 is 1.40 bits per heavy atom. The maximum absolute atomic E-state index is 11.2. The van der Waals surface area contributed by atoms with Crippen LogP contribution in [-0.4, -0.2) is 16.9 Å². The van der Waals surface area contributed by atoms with Gasteiger partial charge in [-0.05, 0) is 31.2 Å². The van der Waals surface area contributed by atoms with E-state index in [0.29, 0.717) is 6.54 Å². The first-order chi connectivity index (χ1) is 7.22. The highest BCUT2D eigenvalue weighted by Crippen LogP contribution is 2.17. The summed E-state index contributed by atoms with van der Waals surface area (Å²) in [5.74, 6) is 0.100. The number of hydrogen-bond donors (Lipinski definition) is 1. The van der Waals surface area contributed by atoms with Gasteiger partial charge in [0.25, 0.3) is 0 Å². The molecular formula is C12H14N2O. The molecule has 0 unspecified atom stereocenters. The minimum Gasteiger partial charge on any atom is -0.346 e. The van der Waals surface area contributed by atoms with Crippen LogP contribution in [0, 0.1) is 0 Å². The fourth-order valence-corrected chi connectivity index (χ4v) is 1.75. The molecule has 2 N–H and O–H groups in total. The number of carbonyl (C=O) groups excluding carboxylic acids is 1. The Bertz CT molecular complexity index is 499. The van der Waals surface area contributed by atoms with Gasteiger partial charge in [0, 0.05) is 35.8 Å². The molecule has 0 amide bonds. The molecule has 0 aliphatic carbocycles. The minimum absolute atomic E-state index is 0.100. The summed E-state index contributed by atoms with van der Waals surface area (Å²) >= 11 is 0. The van der Waals surface area contributed by atoms with Gasteiger partial charge in [0.2, 0.25) is 0 Å². The van der Waals surface area contributed by atoms with Crippen molar-refractivity contribution in [2.45, 2.75) is 13.5 Å². The number of nitrogens with zero attached hydrogens (tertiary/aromatic N) is 1. The molecule has 15 heavy (non-hydrogen) atoms. The smallest absolute Gasteiger partial charge is 0.159 e. The molecule has 0 radical (unpaired) electrons. The molecule has 1 heterocycles. The zero-order valence-corrected chi connectivity index (χ0v) is 8.73. The molecule has 3 heteroatoms. The quantitative estimate of drug-likeness (QED) is 0.771. The average Bonchev–Trinajstić information content (AvgIpc) is 2.61. The Labute approximate surface area is 88.5 Å². The van der Waals surface area contributed by atoms with Gasteiger partial charge < -0.3 is 10.3 Å². The SMILES string of the molecule is CC(=O)c1ccc2c(ccn2CCN)c1. The molecular weight excluding hydrogens is 188 g/mol. The summed E-state index contributed by atoms with van der Waals surface area (Å²) in [4.78, 5) is 11.2. The molecule has 0 atom stereocenters. The van der Waals surface area contributed by atoms with Crippen molar-refractivity contribution in [2.75, 3.05) is 6.54 Å². The van der Waals surface area contributed by atoms with Crippen LogP contribution in [0.2, 0.25) is 0 Å². The lowest BCUT2D eigenvalue weighted by atomic mass is 10.1. The minimum atomic E-state index is 0.100. The number of hydrogen-bond acceptors (Lipinski definition) is 2. The van der Waals surface area contributed by atoms with Gasteiger partial charge in [0.05, 0.1) is 0 Å². The van der Waals surface area contributed by atoms with Crippen molar-refractivity contribution in [3.05, 3.63) is 36.0 Å². The fourth-order valence-electron chi connectivity index (χ4n) is 1.75. The van der Waals surface area contributed by atoms with Gasteiger partial charge in [0.15, 0.2) is 5.78 Å². The summed E-state index contributed by atoms with van der Waals surface area (Å²) in [6.45, 7) is 3.01. The normalized spacial score (nSPS) is 10.8. The van der Waals surface area contributed by atoms with Crippen molar-refractivity contribution in [1.29, 1.82) is 0 Å². The highest BCUT2D eigenvalue weighted by Gasteiger charge is 2.03. The lowest BCUT2D eigenvalue weighted by Crippen LogP contribution is -2.08. The Kier molecular flexibility index (Phi) is 2.56. The summed E-state index contributed by atoms with van der Waals surface area (Å²) in [6.07, 6.45) is 2.00. The number of nitrogens with two attached hydrogens (primary N) is 1. The van der Waals surface area contributed by atoms with Crippen molar-refractivity contribution in [3.8, 4) is 0 Å². The van der Waals surface area contributed by atoms with Crippen LogP contribution in [0.4, 0.5) is 0 Å². The molecule has 0 fully saturated rings. The van der Waals surface area contributed by atoms with Gasteiger partial charge >= 0.3 is 0 Å². The highest BCUT2D eigenvalue weighted by atomic mass is 16.1. The van der Waals surface area contributed by atoms with Crippen molar-refractivity contribution < 1.29 is 4.79 Å². The molecule has 78 valence electrons. The molecule has 2 aromatic rings. The van der Waals surface area contributed by atoms with Crippen LogP contribution in [0.25, 0.3) is 10.9 Å². The van der Waals surface area contributed by atoms with E-state index in [9.17, 15) is 4.79 Å². The molecule has 0 aliphatic heterocycles. The third kappa shape index (κ3) is 1.78. The van der Waals surface area contributed by atoms with Crippen LogP contribution in [0.1, 0.15) is 17.3 Å². The monoisotopic (exact) mass is 202 g/mol. The molecule has 1 aromatic carbocycles. The van der Waals surface area contributed by atoms with Crippen molar-refractivity contribution >= 4 is 16.7 Å². The number of Topliss-reactive ketones (excluding diaryl/α,β-unsaturated/α-hetero) is 1. The van der Waals surface area contributed by atoms with Gasteiger partial charge in [-0.2, -0.15) is 0 Å². The van der Waals surface area contributed by atoms with Crippen LogP contribution in [0.5, 0.6) is 0 Å². The number of carbonyl (C=O) groups is 1. The summed E-state index contributed by atoms with van der Waals surface area (Å²) in [6, 6.07) is 7.77. The lowest BCUT2D eigenvalue weighted by molar-refractivity contribution is 0.101. The van der Waals surface area contributed by atoms with E-state index in [4.69, 9.17) is 5.73 Å². The highest BCUT2D eigenvalue weighted by molar-refractivity contribution is 5.98. The maximum Gasteiger partial charge on any atom is 0.159 e. The van der Waals surface area contributed by atoms with Gasteiger partial charge in [0.1, 0.15) is 0 Å². The second-order valence-corrected chi connectivity index (χ2v) is 3.63. The van der Waals surface area contributed by atoms with Crippen molar-refractivity contribution in [1.82, 2.24) is 4.57 Å². The van der Waals surface area contributed by atoms with Gasteiger partial charge in [-0.3, -0.25) is 4.79 Å². The van der Waals surface area contributed by atoms with Crippen LogP contribution >= 0.6 is 0 Å². The van der Waals surface area contributed by atoms with E-state index in [-0.39, 0.29) is 5.78 Å². The summed E-state index contributed by atoms with van der Waals surface area (Å²) in [7, 11) is 0. The molecule has 0 saturated carbocycles. The van der Waals surface area contributed by atoms with E-state index in [1.807, 2.05) is 30.5 Å². The summed E-state index contributed by atoms with van der Waals surface area (Å²) < 4.78 is 2.10. The van der Waals surface area contributed by atoms with Gasteiger partial charge in [-0.1, -0.05) is 0 Å². The number of ketones is 1. The standard InChI is InChI=1S/C12H14N2O/c1-9(15)10-2-3-12-11(8-10)4-6-14(12)7-5-13/h2-4,6,8H,5,7,13H2,1H3. The molecule has 2 rings (SSSR count). The second-order valence-electron chi connectivity index (χ2n) is 3.63. The number of aromatic nitrogens is 1. The Morgan fingerprint density at radius 2 is 2.20 bits per heavy atom. The molecule has 1 aromatic heterocycles. The van der Waals surface area contributed by atoms with E-state index >= 15 is 0 Å². The summed E-state index contributed by atoms with van der Waals surface area (Å²) in [5.41, 5.74) is 7.40. The molecule has 0 saturated heterocycles. The zero-order valence-electron chi connectivity index (χ0n) is 8.73. The average molecular weight is 202 g/mol. The Morgan fingerprint density at radius 3 is 2.87 bits per heavy atom. The largest absolute Gasteiger partial charge is 0.346 e. The zero-order chi connectivity index (χ0) is 10.8. The third-order valence-corrected chi connectivity index (χ3v) is 2.55. The van der Waals surface area contributed by atoms with Gasteiger partial charge in [-0.25, -0.2) is 0 Å². The second kappa shape index (κ2) is 3.87. The van der Waals surface area contributed by atoms with E-state index in [2.05, 4.69) is 4.57 Å². The van der Waals surface area contributed by atoms with E-state index in [1.54, 1.807) is 6.92 Å². The fraction of sp³-hybridized carbons (Fsp3) is 0.250. The van der Waals surface area contributed by atoms with Crippen molar-refractivity contribution in [2.24, 2.45) is 5.73 Å². The maximum atomic E-state index is 11.2. The lowest BCUT2D eigenvalue weighted by Gasteiger charge is -2.03. The molecule has 0 spiro atoms. The predicted molar refractivity (Wildman–Crippen MR) is 61.0 cm³/mol. The molecule has 0 bridgehead atoms. The third-order valence-electron chi connectivity index (χ3n) is 2.55. The molecule has 0 aliphatic rings. The summed E-state index contributed by atoms with van der Waals surface area (Å²) in [5, 5.41) is 1.09. The first-order valence-electron chi connectivity index (χ1n) is 5.02. The first kappa shape index (κ1) is 9.93. The Balaban J connectivity index is 2.51. The van der Waals surface area contributed by atoms with E-state index in [0.717, 1.165) is 23.0 Å². The van der Waals surface area contributed by atoms with Crippen LogP contribution in [0.3, 0.4) is 0 Å². The van der Waals surface area contributed by atoms with E-state index in [1.165, 1.54) is 0 Å². The first-order valence-corrected chi connectivity index (χ1v) is 5.02. The Hall–Kier alpha value is -1.61. The number of benzene rings is 1. The number of rotatable bonds is 3. The topological polar surface area (TPSA) is 48.0 Å². The predicted octanol–water partition coefficient (Wildman–Crippen LogP) is 1.80. The molecule has 3 nitrogen and oxygen atoms in total. The van der Waals surface area contributed by atoms with E-state index < -0.39 is 0 Å². The van der Waals surface area contributed by atoms with Gasteiger partial charge in [-0.15, -0.1) is 0 Å².